The van der Waals surface area contributed by atoms with Crippen LogP contribution in [0.4, 0.5) is 5.69 Å². The fourth-order valence-electron chi connectivity index (χ4n) is 10.2. The topological polar surface area (TPSA) is 422 Å². The smallest absolute Gasteiger partial charge is 0.312 e. The number of primary amides is 1. The number of aromatic nitrogens is 3. The highest BCUT2D eigenvalue weighted by Crippen LogP contribution is 2.55. The first-order valence-electron chi connectivity index (χ1n) is 30.4. The Balaban J connectivity index is 0.000000693. The van der Waals surface area contributed by atoms with Gasteiger partial charge >= 0.3 is 11.8 Å². The number of halogens is 2. The number of phenolic OH excluding ortho intramolecular Hbond substituents is 3. The number of aliphatic hydroxyl groups excluding tert-OH is 4. The van der Waals surface area contributed by atoms with E-state index in [1.54, 1.807) is 57.0 Å². The van der Waals surface area contributed by atoms with Gasteiger partial charge < -0.3 is 81.3 Å². The molecule has 2 aromatic heterocycles. The van der Waals surface area contributed by atoms with Gasteiger partial charge in [0.25, 0.3) is 23.5 Å². The first-order chi connectivity index (χ1) is 43.7. The summed E-state index contributed by atoms with van der Waals surface area (Å²) in [6, 6.07) is 3.57. The lowest BCUT2D eigenvalue weighted by Gasteiger charge is -2.38. The number of esters is 1. The van der Waals surface area contributed by atoms with Crippen molar-refractivity contribution in [3.63, 3.8) is 0 Å². The molecular formula is C64H96Cl2N12O16. The number of piperazine rings is 1. The van der Waals surface area contributed by atoms with Gasteiger partial charge in [-0.15, -0.1) is 24.8 Å². The monoisotopic (exact) mass is 1360 g/mol. The van der Waals surface area contributed by atoms with E-state index in [-0.39, 0.29) is 106 Å². The number of phenols is 3. The molecule has 522 valence electrons. The number of rotatable bonds is 15. The number of ether oxygens (including phenoxy) is 4. The van der Waals surface area contributed by atoms with Gasteiger partial charge in [0.05, 0.1) is 72.4 Å². The van der Waals surface area contributed by atoms with Gasteiger partial charge in [0.1, 0.15) is 29.0 Å². The van der Waals surface area contributed by atoms with Crippen molar-refractivity contribution in [1.29, 1.82) is 0 Å². The number of hydrazine groups is 1. The zero-order valence-electron chi connectivity index (χ0n) is 55.3. The number of nitrogens with zero attached hydrogens (tertiary/aromatic N) is 6. The number of pyridine rings is 1. The number of ketones is 1. The predicted molar refractivity (Wildman–Crippen MR) is 360 cm³/mol. The molecule has 4 aromatic rings. The molecule has 1 fully saturated rings. The lowest BCUT2D eigenvalue weighted by atomic mass is 9.78. The van der Waals surface area contributed by atoms with Crippen LogP contribution in [0.15, 0.2) is 84.4 Å². The van der Waals surface area contributed by atoms with Crippen LogP contribution in [0.1, 0.15) is 117 Å². The second-order valence-electron chi connectivity index (χ2n) is 22.8. The Labute approximate surface area is 561 Å². The molecule has 4 aliphatic heterocycles. The van der Waals surface area contributed by atoms with E-state index in [1.165, 1.54) is 90.4 Å². The van der Waals surface area contributed by atoms with Crippen molar-refractivity contribution in [3.8, 4) is 23.0 Å². The second kappa shape index (κ2) is 39.9. The minimum absolute atomic E-state index is 0. The lowest BCUT2D eigenvalue weighted by molar-refractivity contribution is -0.160. The number of aliphatic hydroxyl groups is 4. The van der Waals surface area contributed by atoms with E-state index in [9.17, 15) is 49.5 Å². The Kier molecular flexibility index (Phi) is 35.0. The zero-order chi connectivity index (χ0) is 68.6. The average molecular weight is 1360 g/mol. The van der Waals surface area contributed by atoms with E-state index in [2.05, 4.69) is 40.9 Å². The van der Waals surface area contributed by atoms with Crippen molar-refractivity contribution in [2.45, 2.75) is 124 Å². The number of anilines is 1. The van der Waals surface area contributed by atoms with Crippen LogP contribution in [0.25, 0.3) is 10.8 Å². The number of nitrogens with one attached hydrogen (secondary N) is 4. The first kappa shape index (κ1) is 82.5. The second-order valence-corrected chi connectivity index (χ2v) is 22.8. The summed E-state index contributed by atoms with van der Waals surface area (Å²) in [5, 5.41) is 91.1. The summed E-state index contributed by atoms with van der Waals surface area (Å²) < 4.78 is 23.6. The molecule has 0 radical (unpaired) electrons. The van der Waals surface area contributed by atoms with Crippen LogP contribution >= 0.6 is 24.8 Å². The van der Waals surface area contributed by atoms with E-state index in [4.69, 9.17) is 40.7 Å². The number of amides is 3. The molecule has 2 aromatic carbocycles. The third kappa shape index (κ3) is 22.3. The summed E-state index contributed by atoms with van der Waals surface area (Å²) in [6.07, 6.45) is 14.0. The van der Waals surface area contributed by atoms with Crippen LogP contribution in [0.2, 0.25) is 0 Å². The number of nitrogen functional groups attached to an aromatic ring is 1. The van der Waals surface area contributed by atoms with Crippen molar-refractivity contribution in [3.05, 3.63) is 107 Å². The molecule has 15 N–H and O–H groups in total. The SMILES string of the molecule is CC[C@@H](CO)NCCN[C@@H](CC)CO.CO[C@H]1/C=C/O[C@@]2(C)Oc3c(C)c(O)c4c(O)c(c(/C=N\N5CCN(C)CC5)c(O)c4c3C2=O)NC(=O)/C(C)=C\C=C\[C@H](C)[C@H](O)[C@@H](C)[C@@H](O)[C@@H](C)[C@H](OC(C)=O)[C@@H]1C.Cl.Cl.NC(=O)c1cnccn1.NNC(=O)c1ccncc1. The standard InChI is InChI=1S/C43H58N4O12.C10H24N2O2.C6H7N3O.C5H5N3O.2ClH/c1-21-12-11-13-22(2)42(55)45-33-28(20-44-47-17-15-46(9)16-18-47)37(52)30-31(38(33)53)36(51)26(6)40-32(30)41(54)43(8,59-40)57-19-14-29(56-10)23(3)39(58-27(7)48)25(5)35(50)24(4)34(21)49;1-3-9(7-13)11-5-6-12-10(4-2)8-14;7-9-6(10)5-1-3-8-4-2-5;6-5(9)4-3-7-1-2-8-4;;/h11-14,19-21,23-25,29,34-35,39,49-53H,15-18H2,1-10H3,(H,45,55);9-14H,3-8H2,1-2H3;1-4H,7H2,(H,9,10);1-3H,(H2,6,9);2*1H/b12-11+,19-14+,22-13-,44-20-;;;;;/t21-,23+,24+,25+,29-,34-,35+,39+,43-;9-,10-;;;;/m00..../s1. The van der Waals surface area contributed by atoms with E-state index in [1.807, 2.05) is 26.3 Å². The quantitative estimate of drug-likeness (QED) is 0.0116. The van der Waals surface area contributed by atoms with Crippen molar-refractivity contribution in [2.24, 2.45) is 40.3 Å². The summed E-state index contributed by atoms with van der Waals surface area (Å²) in [5.41, 5.74) is 7.24. The number of likely N-dealkylation sites (N-methyl/N-ethyl adjacent to an activating group) is 1. The Hall–Kier alpha value is -7.61. The normalized spacial score (nSPS) is 24.2. The number of Topliss-reactive ketones (excluding diaryl/α,β-unsaturated/α-hetero) is 1. The lowest BCUT2D eigenvalue weighted by Crippen LogP contribution is -2.46. The number of fused-ring (bicyclic) bond motifs is 14. The third-order valence-electron chi connectivity index (χ3n) is 16.2. The molecule has 0 aliphatic carbocycles. The van der Waals surface area contributed by atoms with Crippen LogP contribution in [0, 0.1) is 30.6 Å². The Morgan fingerprint density at radius 1 is 0.862 bits per heavy atom. The minimum atomic E-state index is -2.04. The molecule has 0 spiro atoms. The number of hydrazone groups is 1. The maximum absolute atomic E-state index is 14.4. The van der Waals surface area contributed by atoms with Crippen molar-refractivity contribution in [2.75, 3.05) is 72.0 Å². The third-order valence-corrected chi connectivity index (χ3v) is 16.2. The molecule has 1 saturated heterocycles. The molecule has 8 rings (SSSR count). The number of carbonyl (C=O) groups excluding carboxylic acids is 5. The number of hydrogen-bond acceptors (Lipinski definition) is 25. The summed E-state index contributed by atoms with van der Waals surface area (Å²) in [4.78, 5) is 74.7. The largest absolute Gasteiger partial charge is 0.507 e. The number of methoxy groups -OCH3 is 1. The number of aromatic hydroxyl groups is 3. The zero-order valence-corrected chi connectivity index (χ0v) is 56.9. The molecule has 30 heteroatoms. The van der Waals surface area contributed by atoms with E-state index in [0.29, 0.717) is 18.7 Å². The van der Waals surface area contributed by atoms with Gasteiger partial charge in [0.15, 0.2) is 5.75 Å². The van der Waals surface area contributed by atoms with Crippen LogP contribution in [-0.2, 0) is 23.8 Å². The van der Waals surface area contributed by atoms with Gasteiger partial charge in [0.2, 0.25) is 0 Å². The average Bonchev–Trinajstić information content (AvgIpc) is 1.49. The highest BCUT2D eigenvalue weighted by atomic mass is 35.5. The van der Waals surface area contributed by atoms with Crippen LogP contribution < -0.4 is 37.7 Å². The Bertz CT molecular complexity index is 3200. The highest BCUT2D eigenvalue weighted by Gasteiger charge is 2.50. The Morgan fingerprint density at radius 2 is 1.47 bits per heavy atom. The van der Waals surface area contributed by atoms with E-state index >= 15 is 0 Å². The number of allylic oxidation sites excluding steroid dienone is 2. The summed E-state index contributed by atoms with van der Waals surface area (Å²) >= 11 is 0. The minimum Gasteiger partial charge on any atom is -0.507 e. The van der Waals surface area contributed by atoms with Gasteiger partial charge in [-0.1, -0.05) is 59.8 Å². The number of nitrogens with two attached hydrogens (primary N) is 2. The molecular weight excluding hydrogens is 1260 g/mol. The van der Waals surface area contributed by atoms with Crippen LogP contribution in [0.5, 0.6) is 23.0 Å². The van der Waals surface area contributed by atoms with Gasteiger partial charge in [-0.05, 0) is 51.9 Å². The first-order valence-corrected chi connectivity index (χ1v) is 30.4. The summed E-state index contributed by atoms with van der Waals surface area (Å²) in [6.45, 7) is 21.2. The fourth-order valence-corrected chi connectivity index (χ4v) is 10.2. The van der Waals surface area contributed by atoms with Gasteiger partial charge in [0, 0.05) is 143 Å². The van der Waals surface area contributed by atoms with Gasteiger partial charge in [-0.2, -0.15) is 5.10 Å². The molecule has 0 unspecified atom stereocenters. The van der Waals surface area contributed by atoms with Crippen molar-refractivity contribution < 1.29 is 78.7 Å². The molecule has 28 nitrogen and oxygen atoms in total. The van der Waals surface area contributed by atoms with Crippen molar-refractivity contribution in [1.82, 2.24) is 40.9 Å². The predicted octanol–water partition coefficient (Wildman–Crippen LogP) is 4.15. The number of carbonyl (C=O) groups is 5. The number of benzene rings is 2. The van der Waals surface area contributed by atoms with Crippen LogP contribution in [0.3, 0.4) is 0 Å². The molecule has 4 aliphatic rings. The molecule has 11 atom stereocenters. The fraction of sp³-hybridized carbons (Fsp3) is 0.516. The van der Waals surface area contributed by atoms with E-state index in [0.717, 1.165) is 39.0 Å². The Morgan fingerprint density at radius 3 is 1.98 bits per heavy atom. The highest BCUT2D eigenvalue weighted by molar-refractivity contribution is 6.24. The van der Waals surface area contributed by atoms with Crippen molar-refractivity contribution >= 4 is 77.0 Å². The van der Waals surface area contributed by atoms with Gasteiger partial charge in [-0.3, -0.25) is 44.4 Å². The van der Waals surface area contributed by atoms with E-state index < -0.39 is 94.7 Å². The van der Waals surface area contributed by atoms with Crippen LogP contribution in [-0.4, -0.2) is 205 Å². The molecule has 5 bridgehead atoms. The molecule has 3 amide bonds. The van der Waals surface area contributed by atoms with Gasteiger partial charge in [-0.25, -0.2) is 10.8 Å². The number of hydrogen-bond donors (Lipinski definition) is 13. The maximum atomic E-state index is 14.4. The maximum Gasteiger partial charge on any atom is 0.312 e. The molecule has 0 saturated carbocycles. The molecule has 6 heterocycles. The summed E-state index contributed by atoms with van der Waals surface area (Å²) in [5.74, 6) is -4.31. The summed E-state index contributed by atoms with van der Waals surface area (Å²) in [7, 11) is 3.42. The molecule has 94 heavy (non-hydrogen) atoms.